The number of rotatable bonds is 6. The molecule has 4 rings (SSSR count). The molecule has 0 spiro atoms. The first-order valence-corrected chi connectivity index (χ1v) is 10.3. The minimum absolute atomic E-state index is 0.0307. The van der Waals surface area contributed by atoms with Crippen molar-refractivity contribution in [1.29, 1.82) is 0 Å². The standard InChI is InChI=1S/C23H27N5O2/c1-17-25-13-19(27(17)2)16-28-12-6-7-18(15-28)23(29)26-21-9-3-4-10-22(21)30-20-8-5-11-24-14-20/h3-5,8-11,13-14,18H,6-7,12,15-16H2,1-2H3,(H,26,29)/t18-/m0/s1. The fraction of sp³-hybridized carbons (Fsp3) is 0.348. The van der Waals surface area contributed by atoms with Gasteiger partial charge in [0.2, 0.25) is 5.91 Å². The lowest BCUT2D eigenvalue weighted by Gasteiger charge is -2.32. The Morgan fingerprint density at radius 1 is 1.23 bits per heavy atom. The summed E-state index contributed by atoms with van der Waals surface area (Å²) in [5.74, 6) is 2.22. The van der Waals surface area contributed by atoms with Gasteiger partial charge in [-0.2, -0.15) is 0 Å². The van der Waals surface area contributed by atoms with E-state index in [0.29, 0.717) is 17.2 Å². The van der Waals surface area contributed by atoms with Crippen molar-refractivity contribution in [3.63, 3.8) is 0 Å². The Balaban J connectivity index is 1.41. The zero-order chi connectivity index (χ0) is 20.9. The fourth-order valence-electron chi connectivity index (χ4n) is 3.77. The van der Waals surface area contributed by atoms with Crippen molar-refractivity contribution in [3.8, 4) is 11.5 Å². The van der Waals surface area contributed by atoms with Crippen molar-refractivity contribution in [2.75, 3.05) is 18.4 Å². The van der Waals surface area contributed by atoms with Crippen LogP contribution in [-0.2, 0) is 18.4 Å². The summed E-state index contributed by atoms with van der Waals surface area (Å²) in [6, 6.07) is 11.1. The Hall–Kier alpha value is -3.19. The quantitative estimate of drug-likeness (QED) is 0.676. The largest absolute Gasteiger partial charge is 0.454 e. The van der Waals surface area contributed by atoms with Gasteiger partial charge >= 0.3 is 0 Å². The molecule has 1 N–H and O–H groups in total. The van der Waals surface area contributed by atoms with E-state index in [1.54, 1.807) is 12.4 Å². The number of benzene rings is 1. The number of ether oxygens (including phenoxy) is 1. The van der Waals surface area contributed by atoms with Crippen LogP contribution < -0.4 is 10.1 Å². The second-order valence-corrected chi connectivity index (χ2v) is 7.71. The predicted octanol–water partition coefficient (Wildman–Crippen LogP) is 3.77. The summed E-state index contributed by atoms with van der Waals surface area (Å²) >= 11 is 0. The Labute approximate surface area is 176 Å². The van der Waals surface area contributed by atoms with Crippen LogP contribution in [0.3, 0.4) is 0 Å². The molecule has 3 heterocycles. The average molecular weight is 406 g/mol. The maximum Gasteiger partial charge on any atom is 0.228 e. The van der Waals surface area contributed by atoms with E-state index < -0.39 is 0 Å². The summed E-state index contributed by atoms with van der Waals surface area (Å²) in [6.07, 6.45) is 7.16. The van der Waals surface area contributed by atoms with E-state index in [0.717, 1.165) is 38.3 Å². The normalized spacial score (nSPS) is 16.9. The first-order chi connectivity index (χ1) is 14.6. The lowest BCUT2D eigenvalue weighted by atomic mass is 9.97. The molecule has 1 aliphatic heterocycles. The fourth-order valence-corrected chi connectivity index (χ4v) is 3.77. The lowest BCUT2D eigenvalue weighted by Crippen LogP contribution is -2.40. The number of anilines is 1. The Morgan fingerprint density at radius 3 is 2.87 bits per heavy atom. The average Bonchev–Trinajstić information content (AvgIpc) is 3.08. The summed E-state index contributed by atoms with van der Waals surface area (Å²) < 4.78 is 8.02. The molecule has 156 valence electrons. The summed E-state index contributed by atoms with van der Waals surface area (Å²) in [5, 5.41) is 3.07. The topological polar surface area (TPSA) is 72.3 Å². The maximum atomic E-state index is 13.0. The van der Waals surface area contributed by atoms with Crippen LogP contribution in [0.15, 0.2) is 55.0 Å². The lowest BCUT2D eigenvalue weighted by molar-refractivity contribution is -0.121. The molecule has 3 aromatic rings. The molecule has 1 aromatic carbocycles. The van der Waals surface area contributed by atoms with Crippen molar-refractivity contribution in [3.05, 3.63) is 66.5 Å². The van der Waals surface area contributed by atoms with Crippen LogP contribution in [0.1, 0.15) is 24.4 Å². The third-order valence-electron chi connectivity index (χ3n) is 5.59. The summed E-state index contributed by atoms with van der Waals surface area (Å²) in [7, 11) is 2.03. The molecule has 0 unspecified atom stereocenters. The number of aryl methyl sites for hydroxylation is 1. The van der Waals surface area contributed by atoms with Crippen LogP contribution in [0.5, 0.6) is 11.5 Å². The zero-order valence-corrected chi connectivity index (χ0v) is 17.4. The van der Waals surface area contributed by atoms with Crippen molar-refractivity contribution < 1.29 is 9.53 Å². The predicted molar refractivity (Wildman–Crippen MR) is 115 cm³/mol. The van der Waals surface area contributed by atoms with Gasteiger partial charge in [0, 0.05) is 32.5 Å². The molecule has 1 fully saturated rings. The highest BCUT2D eigenvalue weighted by atomic mass is 16.5. The number of pyridine rings is 1. The van der Waals surface area contributed by atoms with Gasteiger partial charge in [-0.05, 0) is 50.6 Å². The van der Waals surface area contributed by atoms with Gasteiger partial charge in [0.25, 0.3) is 0 Å². The van der Waals surface area contributed by atoms with Crippen LogP contribution in [0.25, 0.3) is 0 Å². The minimum Gasteiger partial charge on any atom is -0.454 e. The van der Waals surface area contributed by atoms with Crippen molar-refractivity contribution in [2.45, 2.75) is 26.3 Å². The molecule has 1 atom stereocenters. The highest BCUT2D eigenvalue weighted by Gasteiger charge is 2.27. The van der Waals surface area contributed by atoms with Gasteiger partial charge in [0.1, 0.15) is 11.6 Å². The van der Waals surface area contributed by atoms with Crippen LogP contribution in [0.4, 0.5) is 5.69 Å². The highest BCUT2D eigenvalue weighted by Crippen LogP contribution is 2.30. The number of piperidine rings is 1. The second-order valence-electron chi connectivity index (χ2n) is 7.71. The van der Waals surface area contributed by atoms with Gasteiger partial charge < -0.3 is 14.6 Å². The van der Waals surface area contributed by atoms with E-state index in [4.69, 9.17) is 4.74 Å². The van der Waals surface area contributed by atoms with E-state index in [2.05, 4.69) is 24.8 Å². The Bertz CT molecular complexity index is 1000. The number of likely N-dealkylation sites (tertiary alicyclic amines) is 1. The molecular weight excluding hydrogens is 378 g/mol. The van der Waals surface area contributed by atoms with Crippen LogP contribution in [0.2, 0.25) is 0 Å². The number of nitrogens with zero attached hydrogens (tertiary/aromatic N) is 4. The second kappa shape index (κ2) is 9.09. The van der Waals surface area contributed by atoms with Gasteiger partial charge in [-0.25, -0.2) is 4.98 Å². The molecule has 1 saturated heterocycles. The number of carbonyl (C=O) groups excluding carboxylic acids is 1. The highest BCUT2D eigenvalue weighted by molar-refractivity contribution is 5.94. The zero-order valence-electron chi connectivity index (χ0n) is 17.4. The Morgan fingerprint density at radius 2 is 2.10 bits per heavy atom. The summed E-state index contributed by atoms with van der Waals surface area (Å²) in [6.45, 7) is 4.54. The molecule has 1 amide bonds. The molecule has 2 aromatic heterocycles. The van der Waals surface area contributed by atoms with E-state index >= 15 is 0 Å². The molecule has 0 bridgehead atoms. The number of hydrogen-bond acceptors (Lipinski definition) is 5. The van der Waals surface area contributed by atoms with Crippen LogP contribution >= 0.6 is 0 Å². The summed E-state index contributed by atoms with van der Waals surface area (Å²) in [4.78, 5) is 23.8. The minimum atomic E-state index is -0.0560. The molecular formula is C23H27N5O2. The Kier molecular flexibility index (Phi) is 6.09. The molecule has 0 radical (unpaired) electrons. The number of amides is 1. The van der Waals surface area contributed by atoms with Crippen molar-refractivity contribution in [1.82, 2.24) is 19.4 Å². The number of aromatic nitrogens is 3. The van der Waals surface area contributed by atoms with Crippen LogP contribution in [-0.4, -0.2) is 38.4 Å². The molecule has 0 aliphatic carbocycles. The van der Waals surface area contributed by atoms with Gasteiger partial charge in [0.15, 0.2) is 5.75 Å². The van der Waals surface area contributed by atoms with E-state index in [9.17, 15) is 4.79 Å². The molecule has 1 aliphatic rings. The number of carbonyl (C=O) groups is 1. The number of hydrogen-bond donors (Lipinski definition) is 1. The number of imidazole rings is 1. The first-order valence-electron chi connectivity index (χ1n) is 10.3. The summed E-state index contributed by atoms with van der Waals surface area (Å²) in [5.41, 5.74) is 1.84. The van der Waals surface area contributed by atoms with E-state index in [1.165, 1.54) is 5.69 Å². The van der Waals surface area contributed by atoms with Crippen molar-refractivity contribution in [2.24, 2.45) is 13.0 Å². The number of para-hydroxylation sites is 2. The monoisotopic (exact) mass is 405 g/mol. The van der Waals surface area contributed by atoms with Gasteiger partial charge in [-0.1, -0.05) is 12.1 Å². The first kappa shape index (κ1) is 20.1. The van der Waals surface area contributed by atoms with Gasteiger partial charge in [0.05, 0.1) is 23.5 Å². The maximum absolute atomic E-state index is 13.0. The molecule has 0 saturated carbocycles. The molecule has 30 heavy (non-hydrogen) atoms. The third-order valence-corrected chi connectivity index (χ3v) is 5.59. The van der Waals surface area contributed by atoms with E-state index in [1.807, 2.05) is 56.6 Å². The van der Waals surface area contributed by atoms with E-state index in [-0.39, 0.29) is 11.8 Å². The molecule has 7 heteroatoms. The van der Waals surface area contributed by atoms with Gasteiger partial charge in [-0.3, -0.25) is 14.7 Å². The van der Waals surface area contributed by atoms with Crippen molar-refractivity contribution >= 4 is 11.6 Å². The third kappa shape index (κ3) is 4.68. The van der Waals surface area contributed by atoms with Gasteiger partial charge in [-0.15, -0.1) is 0 Å². The van der Waals surface area contributed by atoms with Crippen LogP contribution in [0, 0.1) is 12.8 Å². The smallest absolute Gasteiger partial charge is 0.228 e. The SMILES string of the molecule is Cc1ncc(CN2CCC[C@H](C(=O)Nc3ccccc3Oc3cccnc3)C2)n1C. The number of nitrogens with one attached hydrogen (secondary N) is 1. The molecule has 7 nitrogen and oxygen atoms in total.